The van der Waals surface area contributed by atoms with Gasteiger partial charge in [-0.15, -0.1) is 0 Å². The number of methoxy groups -OCH3 is 1. The number of carbonyl (C=O) groups excluding carboxylic acids is 1. The summed E-state index contributed by atoms with van der Waals surface area (Å²) in [6, 6.07) is 16.1. The second kappa shape index (κ2) is 9.45. The number of aryl methyl sites for hydroxylation is 2. The summed E-state index contributed by atoms with van der Waals surface area (Å²) >= 11 is 0. The minimum Gasteiger partial charge on any atom is -0.497 e. The first kappa shape index (κ1) is 19.3. The molecule has 2 aromatic carbocycles. The molecule has 1 atom stereocenters. The highest BCUT2D eigenvalue weighted by molar-refractivity contribution is 5.76. The molecule has 0 spiro atoms. The van der Waals surface area contributed by atoms with Crippen LogP contribution in [0.1, 0.15) is 30.4 Å². The third kappa shape index (κ3) is 5.75. The molecule has 0 aliphatic carbocycles. The highest BCUT2D eigenvalue weighted by Crippen LogP contribution is 2.22. The molecule has 1 fully saturated rings. The fraction of sp³-hybridized carbons (Fsp3) is 0.435. The lowest BCUT2D eigenvalue weighted by molar-refractivity contribution is -0.130. The number of nitrogens with zero attached hydrogens (tertiary/aromatic N) is 1. The van der Waals surface area contributed by atoms with Crippen LogP contribution in [0.15, 0.2) is 48.5 Å². The molecule has 144 valence electrons. The Morgan fingerprint density at radius 3 is 2.74 bits per heavy atom. The minimum absolute atomic E-state index is 0.250. The fourth-order valence-corrected chi connectivity index (χ4v) is 3.51. The standard InChI is InChI=1S/C23H29NO3/c1-18-6-9-21(10-7-18)27-15-13-20-12-14-24(17-20)23(25)11-8-19-4-3-5-22(16-19)26-2/h3-7,9-10,16,20H,8,11-15,17H2,1-2H3. The quantitative estimate of drug-likeness (QED) is 0.700. The van der Waals surface area contributed by atoms with Crippen LogP contribution in [-0.2, 0) is 11.2 Å². The van der Waals surface area contributed by atoms with Gasteiger partial charge in [0.05, 0.1) is 13.7 Å². The summed E-state index contributed by atoms with van der Waals surface area (Å²) in [6.07, 6.45) is 3.38. The summed E-state index contributed by atoms with van der Waals surface area (Å²) in [4.78, 5) is 14.5. The number of benzene rings is 2. The Morgan fingerprint density at radius 2 is 1.96 bits per heavy atom. The molecule has 3 rings (SSSR count). The van der Waals surface area contributed by atoms with Crippen LogP contribution >= 0.6 is 0 Å². The third-order valence-electron chi connectivity index (χ3n) is 5.22. The van der Waals surface area contributed by atoms with E-state index in [1.54, 1.807) is 7.11 Å². The average molecular weight is 367 g/mol. The van der Waals surface area contributed by atoms with E-state index >= 15 is 0 Å². The smallest absolute Gasteiger partial charge is 0.222 e. The predicted octanol–water partition coefficient (Wildman–Crippen LogP) is 4.25. The third-order valence-corrected chi connectivity index (χ3v) is 5.22. The van der Waals surface area contributed by atoms with Crippen LogP contribution in [0, 0.1) is 12.8 Å². The molecule has 0 aromatic heterocycles. The van der Waals surface area contributed by atoms with E-state index in [1.807, 2.05) is 41.3 Å². The van der Waals surface area contributed by atoms with Gasteiger partial charge in [0.25, 0.3) is 0 Å². The number of ether oxygens (including phenoxy) is 2. The molecule has 0 N–H and O–H groups in total. The topological polar surface area (TPSA) is 38.8 Å². The van der Waals surface area contributed by atoms with Gasteiger partial charge < -0.3 is 14.4 Å². The summed E-state index contributed by atoms with van der Waals surface area (Å²) in [5, 5.41) is 0. The van der Waals surface area contributed by atoms with Crippen molar-refractivity contribution in [3.63, 3.8) is 0 Å². The number of likely N-dealkylation sites (tertiary alicyclic amines) is 1. The number of carbonyl (C=O) groups is 1. The van der Waals surface area contributed by atoms with Crippen molar-refractivity contribution in [1.29, 1.82) is 0 Å². The maximum atomic E-state index is 12.5. The van der Waals surface area contributed by atoms with Crippen molar-refractivity contribution in [2.75, 3.05) is 26.8 Å². The highest BCUT2D eigenvalue weighted by atomic mass is 16.5. The minimum atomic E-state index is 0.250. The summed E-state index contributed by atoms with van der Waals surface area (Å²) in [7, 11) is 1.66. The van der Waals surface area contributed by atoms with Crippen LogP contribution in [-0.4, -0.2) is 37.6 Å². The molecule has 1 aliphatic heterocycles. The zero-order valence-electron chi connectivity index (χ0n) is 16.3. The van der Waals surface area contributed by atoms with E-state index in [0.717, 1.165) is 49.4 Å². The first-order chi connectivity index (χ1) is 13.1. The number of hydrogen-bond donors (Lipinski definition) is 0. The fourth-order valence-electron chi connectivity index (χ4n) is 3.51. The lowest BCUT2D eigenvalue weighted by atomic mass is 10.1. The van der Waals surface area contributed by atoms with Gasteiger partial charge in [-0.2, -0.15) is 0 Å². The first-order valence-corrected chi connectivity index (χ1v) is 9.74. The molecule has 0 bridgehead atoms. The lowest BCUT2D eigenvalue weighted by Crippen LogP contribution is -2.29. The van der Waals surface area contributed by atoms with Crippen molar-refractivity contribution < 1.29 is 14.3 Å². The largest absolute Gasteiger partial charge is 0.497 e. The average Bonchev–Trinajstić information content (AvgIpc) is 3.17. The van der Waals surface area contributed by atoms with Gasteiger partial charge in [-0.05, 0) is 61.9 Å². The van der Waals surface area contributed by atoms with Gasteiger partial charge in [-0.25, -0.2) is 0 Å². The number of rotatable bonds is 8. The zero-order valence-corrected chi connectivity index (χ0v) is 16.3. The maximum absolute atomic E-state index is 12.5. The summed E-state index contributed by atoms with van der Waals surface area (Å²) in [6.45, 7) is 4.50. The van der Waals surface area contributed by atoms with Gasteiger partial charge in [0, 0.05) is 19.5 Å². The molecule has 1 amide bonds. The van der Waals surface area contributed by atoms with E-state index in [-0.39, 0.29) is 5.91 Å². The number of hydrogen-bond acceptors (Lipinski definition) is 3. The Labute approximate surface area is 162 Å². The Morgan fingerprint density at radius 1 is 1.15 bits per heavy atom. The predicted molar refractivity (Wildman–Crippen MR) is 107 cm³/mol. The zero-order chi connectivity index (χ0) is 19.1. The number of amides is 1. The van der Waals surface area contributed by atoms with Crippen LogP contribution in [0.25, 0.3) is 0 Å². The molecular weight excluding hydrogens is 338 g/mol. The van der Waals surface area contributed by atoms with Crippen molar-refractivity contribution in [2.24, 2.45) is 5.92 Å². The SMILES string of the molecule is COc1cccc(CCC(=O)N2CCC(CCOc3ccc(C)cc3)C2)c1. The molecule has 27 heavy (non-hydrogen) atoms. The van der Waals surface area contributed by atoms with Crippen LogP contribution in [0.5, 0.6) is 11.5 Å². The monoisotopic (exact) mass is 367 g/mol. The molecule has 0 radical (unpaired) electrons. The Hall–Kier alpha value is -2.49. The van der Waals surface area contributed by atoms with E-state index in [4.69, 9.17) is 9.47 Å². The summed E-state index contributed by atoms with van der Waals surface area (Å²) in [5.74, 6) is 2.55. The molecule has 4 heteroatoms. The van der Waals surface area contributed by atoms with E-state index < -0.39 is 0 Å². The van der Waals surface area contributed by atoms with Crippen LogP contribution < -0.4 is 9.47 Å². The molecule has 1 saturated heterocycles. The molecule has 1 heterocycles. The highest BCUT2D eigenvalue weighted by Gasteiger charge is 2.25. The Balaban J connectivity index is 1.38. The molecule has 2 aromatic rings. The van der Waals surface area contributed by atoms with Crippen LogP contribution in [0.4, 0.5) is 0 Å². The summed E-state index contributed by atoms with van der Waals surface area (Å²) in [5.41, 5.74) is 2.38. The lowest BCUT2D eigenvalue weighted by Gasteiger charge is -2.17. The molecule has 1 aliphatic rings. The molecule has 0 saturated carbocycles. The van der Waals surface area contributed by atoms with E-state index in [1.165, 1.54) is 5.56 Å². The molecule has 1 unspecified atom stereocenters. The van der Waals surface area contributed by atoms with Crippen LogP contribution in [0.2, 0.25) is 0 Å². The Kier molecular flexibility index (Phi) is 6.74. The van der Waals surface area contributed by atoms with Crippen molar-refractivity contribution in [1.82, 2.24) is 4.90 Å². The van der Waals surface area contributed by atoms with Crippen molar-refractivity contribution in [3.8, 4) is 11.5 Å². The van der Waals surface area contributed by atoms with E-state index in [2.05, 4.69) is 19.1 Å². The van der Waals surface area contributed by atoms with Gasteiger partial charge >= 0.3 is 0 Å². The van der Waals surface area contributed by atoms with E-state index in [0.29, 0.717) is 18.9 Å². The first-order valence-electron chi connectivity index (χ1n) is 9.74. The van der Waals surface area contributed by atoms with Gasteiger partial charge in [0.15, 0.2) is 0 Å². The summed E-state index contributed by atoms with van der Waals surface area (Å²) < 4.78 is 11.1. The molecule has 4 nitrogen and oxygen atoms in total. The second-order valence-corrected chi connectivity index (χ2v) is 7.30. The van der Waals surface area contributed by atoms with Gasteiger partial charge in [-0.3, -0.25) is 4.79 Å². The van der Waals surface area contributed by atoms with Gasteiger partial charge in [-0.1, -0.05) is 29.8 Å². The molecular formula is C23H29NO3. The maximum Gasteiger partial charge on any atom is 0.222 e. The van der Waals surface area contributed by atoms with Crippen molar-refractivity contribution in [2.45, 2.75) is 32.6 Å². The van der Waals surface area contributed by atoms with Gasteiger partial charge in [0.1, 0.15) is 11.5 Å². The second-order valence-electron chi connectivity index (χ2n) is 7.30. The van der Waals surface area contributed by atoms with Crippen molar-refractivity contribution in [3.05, 3.63) is 59.7 Å². The van der Waals surface area contributed by atoms with E-state index in [9.17, 15) is 4.79 Å². The van der Waals surface area contributed by atoms with Gasteiger partial charge in [0.2, 0.25) is 5.91 Å². The Bertz CT molecular complexity index is 742. The van der Waals surface area contributed by atoms with Crippen LogP contribution in [0.3, 0.4) is 0 Å². The van der Waals surface area contributed by atoms with Crippen molar-refractivity contribution >= 4 is 5.91 Å². The normalized spacial score (nSPS) is 16.4.